The van der Waals surface area contributed by atoms with Gasteiger partial charge in [-0.15, -0.1) is 0 Å². The fourth-order valence-corrected chi connectivity index (χ4v) is 4.62. The maximum atomic E-state index is 13.4. The van der Waals surface area contributed by atoms with Crippen molar-refractivity contribution >= 4 is 38.9 Å². The Morgan fingerprint density at radius 2 is 1.93 bits per heavy atom. The molecular weight excluding hydrogens is 378 g/mol. The number of para-hydroxylation sites is 2. The molecule has 1 unspecified atom stereocenters. The van der Waals surface area contributed by atoms with E-state index in [4.69, 9.17) is 0 Å². The predicted octanol–water partition coefficient (Wildman–Crippen LogP) is 2.52. The van der Waals surface area contributed by atoms with Gasteiger partial charge in [-0.2, -0.15) is 0 Å². The van der Waals surface area contributed by atoms with Crippen LogP contribution in [0.15, 0.2) is 48.5 Å². The van der Waals surface area contributed by atoms with E-state index in [0.717, 1.165) is 16.1 Å². The van der Waals surface area contributed by atoms with Gasteiger partial charge in [-0.3, -0.25) is 18.8 Å². The van der Waals surface area contributed by atoms with Gasteiger partial charge in [0.2, 0.25) is 15.9 Å². The van der Waals surface area contributed by atoms with E-state index >= 15 is 0 Å². The number of carbonyl (C=O) groups is 2. The molecule has 0 aliphatic carbocycles. The molecule has 0 saturated heterocycles. The summed E-state index contributed by atoms with van der Waals surface area (Å²) in [4.78, 5) is 26.9. The number of rotatable bonds is 5. The second-order valence-electron chi connectivity index (χ2n) is 6.81. The zero-order valence-corrected chi connectivity index (χ0v) is 16.9. The summed E-state index contributed by atoms with van der Waals surface area (Å²) in [6.45, 7) is 3.46. The Kier molecular flexibility index (Phi) is 5.42. The van der Waals surface area contributed by atoms with Crippen LogP contribution in [-0.2, 0) is 19.6 Å². The quantitative estimate of drug-likeness (QED) is 0.834. The van der Waals surface area contributed by atoms with E-state index in [0.29, 0.717) is 17.1 Å². The number of sulfonamides is 1. The number of nitrogens with one attached hydrogen (secondary N) is 1. The molecule has 2 amide bonds. The third kappa shape index (κ3) is 3.87. The van der Waals surface area contributed by atoms with Crippen molar-refractivity contribution in [1.82, 2.24) is 0 Å². The van der Waals surface area contributed by atoms with Crippen LogP contribution in [0, 0.1) is 6.92 Å². The van der Waals surface area contributed by atoms with E-state index in [1.165, 1.54) is 4.90 Å². The lowest BCUT2D eigenvalue weighted by molar-refractivity contribution is -0.122. The average Bonchev–Trinajstić information content (AvgIpc) is 2.63. The molecule has 1 atom stereocenters. The minimum Gasteiger partial charge on any atom is -0.323 e. The van der Waals surface area contributed by atoms with Crippen LogP contribution in [0.25, 0.3) is 0 Å². The van der Waals surface area contributed by atoms with Crippen LogP contribution < -0.4 is 14.5 Å². The Hall–Kier alpha value is -2.87. The van der Waals surface area contributed by atoms with Gasteiger partial charge in [-0.05, 0) is 43.2 Å². The molecule has 1 N–H and O–H groups in total. The first kappa shape index (κ1) is 19.9. The number of hydrogen-bond acceptors (Lipinski definition) is 4. The summed E-state index contributed by atoms with van der Waals surface area (Å²) in [7, 11) is -3.74. The summed E-state index contributed by atoms with van der Waals surface area (Å²) in [6, 6.07) is 13.0. The zero-order valence-electron chi connectivity index (χ0n) is 16.0. The Morgan fingerprint density at radius 1 is 1.21 bits per heavy atom. The normalized spacial score (nSPS) is 14.8. The SMILES string of the molecule is CCC(C(=O)N1CC(=O)Nc2ccccc21)N(c1cccc(C)c1)S(C)(=O)=O. The molecule has 0 fully saturated rings. The molecule has 1 aliphatic heterocycles. The summed E-state index contributed by atoms with van der Waals surface area (Å²) in [6.07, 6.45) is 1.35. The second kappa shape index (κ2) is 7.63. The van der Waals surface area contributed by atoms with Gasteiger partial charge in [0.1, 0.15) is 12.6 Å². The van der Waals surface area contributed by atoms with Crippen LogP contribution in [0.1, 0.15) is 18.9 Å². The van der Waals surface area contributed by atoms with E-state index < -0.39 is 22.0 Å². The van der Waals surface area contributed by atoms with Crippen molar-refractivity contribution in [2.45, 2.75) is 26.3 Å². The number of amides is 2. The third-order valence-electron chi connectivity index (χ3n) is 4.60. The van der Waals surface area contributed by atoms with Gasteiger partial charge in [0.25, 0.3) is 5.91 Å². The minimum atomic E-state index is -3.74. The Morgan fingerprint density at radius 3 is 2.57 bits per heavy atom. The standard InChI is InChI=1S/C20H23N3O4S/c1-4-17(23(28(3,26)27)15-9-7-8-14(2)12-15)20(25)22-13-19(24)21-16-10-5-6-11-18(16)22/h5-12,17H,4,13H2,1-3H3,(H,21,24). The number of benzene rings is 2. The molecule has 148 valence electrons. The van der Waals surface area contributed by atoms with E-state index in [1.54, 1.807) is 49.4 Å². The molecule has 1 heterocycles. The van der Waals surface area contributed by atoms with E-state index in [9.17, 15) is 18.0 Å². The van der Waals surface area contributed by atoms with Crippen molar-refractivity contribution < 1.29 is 18.0 Å². The smallest absolute Gasteiger partial charge is 0.251 e. The van der Waals surface area contributed by atoms with Gasteiger partial charge in [0.05, 0.1) is 23.3 Å². The van der Waals surface area contributed by atoms with Crippen LogP contribution in [0.2, 0.25) is 0 Å². The van der Waals surface area contributed by atoms with Gasteiger partial charge in [-0.25, -0.2) is 8.42 Å². The molecule has 0 saturated carbocycles. The molecule has 1 aliphatic rings. The lowest BCUT2D eigenvalue weighted by atomic mass is 10.1. The van der Waals surface area contributed by atoms with Crippen molar-refractivity contribution in [1.29, 1.82) is 0 Å². The largest absolute Gasteiger partial charge is 0.323 e. The fourth-order valence-electron chi connectivity index (χ4n) is 3.42. The highest BCUT2D eigenvalue weighted by Crippen LogP contribution is 2.31. The molecule has 0 spiro atoms. The molecule has 0 aromatic heterocycles. The van der Waals surface area contributed by atoms with Crippen molar-refractivity contribution in [2.24, 2.45) is 0 Å². The maximum Gasteiger partial charge on any atom is 0.251 e. The van der Waals surface area contributed by atoms with Crippen LogP contribution >= 0.6 is 0 Å². The summed E-state index contributed by atoms with van der Waals surface area (Å²) in [5.41, 5.74) is 2.40. The second-order valence-corrected chi connectivity index (χ2v) is 8.67. The highest BCUT2D eigenvalue weighted by molar-refractivity contribution is 7.92. The average molecular weight is 401 g/mol. The first-order valence-corrected chi connectivity index (χ1v) is 10.8. The predicted molar refractivity (Wildman–Crippen MR) is 110 cm³/mol. The Labute approximate surface area is 165 Å². The summed E-state index contributed by atoms with van der Waals surface area (Å²) < 4.78 is 26.4. The van der Waals surface area contributed by atoms with Crippen molar-refractivity contribution in [3.63, 3.8) is 0 Å². The van der Waals surface area contributed by atoms with Crippen molar-refractivity contribution in [3.8, 4) is 0 Å². The highest BCUT2D eigenvalue weighted by atomic mass is 32.2. The molecule has 2 aromatic carbocycles. The molecule has 3 rings (SSSR count). The summed E-state index contributed by atoms with van der Waals surface area (Å²) in [5, 5.41) is 2.74. The van der Waals surface area contributed by atoms with Crippen LogP contribution in [0.5, 0.6) is 0 Å². The summed E-state index contributed by atoms with van der Waals surface area (Å²) >= 11 is 0. The van der Waals surface area contributed by atoms with E-state index in [2.05, 4.69) is 5.32 Å². The number of carbonyl (C=O) groups excluding carboxylic acids is 2. The minimum absolute atomic E-state index is 0.155. The first-order chi connectivity index (χ1) is 13.2. The van der Waals surface area contributed by atoms with Crippen LogP contribution in [0.3, 0.4) is 0 Å². The van der Waals surface area contributed by atoms with Gasteiger partial charge >= 0.3 is 0 Å². The molecule has 8 heteroatoms. The topological polar surface area (TPSA) is 86.8 Å². The lowest BCUT2D eigenvalue weighted by Gasteiger charge is -2.36. The first-order valence-electron chi connectivity index (χ1n) is 8.98. The van der Waals surface area contributed by atoms with E-state index in [1.807, 2.05) is 13.0 Å². The van der Waals surface area contributed by atoms with Gasteiger partial charge in [-0.1, -0.05) is 31.2 Å². The third-order valence-corrected chi connectivity index (χ3v) is 5.78. The molecule has 0 bridgehead atoms. The molecule has 7 nitrogen and oxygen atoms in total. The fraction of sp³-hybridized carbons (Fsp3) is 0.300. The van der Waals surface area contributed by atoms with Crippen molar-refractivity contribution in [2.75, 3.05) is 27.3 Å². The molecule has 0 radical (unpaired) electrons. The summed E-state index contributed by atoms with van der Waals surface area (Å²) in [5.74, 6) is -0.750. The maximum absolute atomic E-state index is 13.4. The number of nitrogens with zero attached hydrogens (tertiary/aromatic N) is 2. The van der Waals surface area contributed by atoms with Gasteiger partial charge in [0, 0.05) is 0 Å². The van der Waals surface area contributed by atoms with Crippen molar-refractivity contribution in [3.05, 3.63) is 54.1 Å². The molecule has 28 heavy (non-hydrogen) atoms. The number of aryl methyl sites for hydroxylation is 1. The van der Waals surface area contributed by atoms with Gasteiger partial charge in [0.15, 0.2) is 0 Å². The van der Waals surface area contributed by atoms with Crippen LogP contribution in [-0.4, -0.2) is 39.1 Å². The zero-order chi connectivity index (χ0) is 20.5. The number of fused-ring (bicyclic) bond motifs is 1. The number of anilines is 3. The number of hydrogen-bond donors (Lipinski definition) is 1. The van der Waals surface area contributed by atoms with E-state index in [-0.39, 0.29) is 18.9 Å². The van der Waals surface area contributed by atoms with Gasteiger partial charge < -0.3 is 5.32 Å². The lowest BCUT2D eigenvalue weighted by Crippen LogP contribution is -2.53. The Balaban J connectivity index is 2.06. The molecular formula is C20H23N3O4S. The van der Waals surface area contributed by atoms with Crippen LogP contribution in [0.4, 0.5) is 17.1 Å². The Bertz CT molecular complexity index is 1020. The highest BCUT2D eigenvalue weighted by Gasteiger charge is 2.37. The monoisotopic (exact) mass is 401 g/mol. The molecule has 2 aromatic rings.